The fraction of sp³-hybridized carbons (Fsp3) is 0.231. The maximum atomic E-state index is 12.9. The fourth-order valence-corrected chi connectivity index (χ4v) is 4.69. The molecule has 3 nitrogen and oxygen atoms in total. The van der Waals surface area contributed by atoms with Crippen molar-refractivity contribution in [3.05, 3.63) is 51.9 Å². The van der Waals surface area contributed by atoms with Crippen molar-refractivity contribution in [2.75, 3.05) is 7.05 Å². The van der Waals surface area contributed by atoms with E-state index in [1.807, 2.05) is 0 Å². The van der Waals surface area contributed by atoms with Crippen LogP contribution in [-0.4, -0.2) is 19.8 Å². The van der Waals surface area contributed by atoms with Crippen LogP contribution < -0.4 is 0 Å². The third-order valence-corrected chi connectivity index (χ3v) is 6.43. The Bertz CT molecular complexity index is 772. The van der Waals surface area contributed by atoms with E-state index in [-0.39, 0.29) is 16.3 Å². The van der Waals surface area contributed by atoms with Crippen LogP contribution in [0.15, 0.2) is 40.6 Å². The highest BCUT2D eigenvalue weighted by molar-refractivity contribution is 7.91. The summed E-state index contributed by atoms with van der Waals surface area (Å²) < 4.78 is 64.6. The molecule has 1 heterocycles. The van der Waals surface area contributed by atoms with Crippen molar-refractivity contribution >= 4 is 33.0 Å². The second kappa shape index (κ2) is 6.19. The first kappa shape index (κ1) is 17.3. The van der Waals surface area contributed by atoms with Gasteiger partial charge < -0.3 is 0 Å². The largest absolute Gasteiger partial charge is 0.416 e. The Morgan fingerprint density at radius 1 is 1.18 bits per heavy atom. The lowest BCUT2D eigenvalue weighted by atomic mass is 10.1. The standard InChI is InChI=1S/C13H11ClF3NO2S2/c1-18(22(19,20)12-7-6-11(14)21-12)8-9-4-2-3-5-10(9)13(15,16)17/h2-7H,8H2,1H3. The van der Waals surface area contributed by atoms with Crippen LogP contribution in [0.25, 0.3) is 0 Å². The van der Waals surface area contributed by atoms with E-state index in [1.165, 1.54) is 37.4 Å². The summed E-state index contributed by atoms with van der Waals surface area (Å²) in [6, 6.07) is 7.64. The minimum atomic E-state index is -4.53. The van der Waals surface area contributed by atoms with Crippen LogP contribution in [0.4, 0.5) is 13.2 Å². The number of benzene rings is 1. The van der Waals surface area contributed by atoms with Gasteiger partial charge in [0.2, 0.25) is 0 Å². The minimum absolute atomic E-state index is 0.00973. The molecule has 0 spiro atoms. The monoisotopic (exact) mass is 369 g/mol. The Kier molecular flexibility index (Phi) is 4.86. The molecule has 0 bridgehead atoms. The number of thiophene rings is 1. The molecule has 0 aliphatic rings. The number of halogens is 4. The zero-order chi connectivity index (χ0) is 16.5. The second-order valence-electron chi connectivity index (χ2n) is 4.47. The molecule has 2 aromatic rings. The lowest BCUT2D eigenvalue weighted by Gasteiger charge is -2.19. The zero-order valence-electron chi connectivity index (χ0n) is 11.3. The van der Waals surface area contributed by atoms with E-state index in [9.17, 15) is 21.6 Å². The quantitative estimate of drug-likeness (QED) is 0.808. The molecular formula is C13H11ClF3NO2S2. The van der Waals surface area contributed by atoms with Crippen molar-refractivity contribution < 1.29 is 21.6 Å². The van der Waals surface area contributed by atoms with Gasteiger partial charge in [0, 0.05) is 13.6 Å². The average Bonchev–Trinajstić information content (AvgIpc) is 2.85. The van der Waals surface area contributed by atoms with Crippen LogP contribution in [0, 0.1) is 0 Å². The summed E-state index contributed by atoms with van der Waals surface area (Å²) in [5.41, 5.74) is -0.954. The van der Waals surface area contributed by atoms with Crippen molar-refractivity contribution in [3.8, 4) is 0 Å². The van der Waals surface area contributed by atoms with Crippen molar-refractivity contribution in [1.29, 1.82) is 0 Å². The maximum absolute atomic E-state index is 12.9. The molecule has 0 aliphatic carbocycles. The van der Waals surface area contributed by atoms with Crippen LogP contribution in [0.2, 0.25) is 4.34 Å². The summed E-state index contributed by atoms with van der Waals surface area (Å²) in [5, 5.41) is 0. The third kappa shape index (κ3) is 3.62. The van der Waals surface area contributed by atoms with Gasteiger partial charge in [0.05, 0.1) is 9.90 Å². The summed E-state index contributed by atoms with van der Waals surface area (Å²) in [6.45, 7) is -0.381. The Balaban J connectivity index is 2.32. The van der Waals surface area contributed by atoms with E-state index in [0.717, 1.165) is 21.7 Å². The van der Waals surface area contributed by atoms with Gasteiger partial charge in [-0.2, -0.15) is 17.5 Å². The number of sulfonamides is 1. The first-order valence-corrected chi connectivity index (χ1v) is 8.62. The fourth-order valence-electron chi connectivity index (χ4n) is 1.85. The van der Waals surface area contributed by atoms with Crippen molar-refractivity contribution in [2.45, 2.75) is 16.9 Å². The highest BCUT2D eigenvalue weighted by Gasteiger charge is 2.34. The lowest BCUT2D eigenvalue weighted by molar-refractivity contribution is -0.138. The predicted molar refractivity (Wildman–Crippen MR) is 79.4 cm³/mol. The Hall–Kier alpha value is -1.09. The number of nitrogens with zero attached hydrogens (tertiary/aromatic N) is 1. The molecule has 0 unspecified atom stereocenters. The SMILES string of the molecule is CN(Cc1ccccc1C(F)(F)F)S(=O)(=O)c1ccc(Cl)s1. The van der Waals surface area contributed by atoms with Gasteiger partial charge in [0.25, 0.3) is 10.0 Å². The van der Waals surface area contributed by atoms with Gasteiger partial charge in [-0.3, -0.25) is 0 Å². The highest BCUT2D eigenvalue weighted by Crippen LogP contribution is 2.33. The molecule has 0 aliphatic heterocycles. The molecule has 0 radical (unpaired) electrons. The molecule has 0 fully saturated rings. The molecule has 1 aromatic carbocycles. The Morgan fingerprint density at radius 3 is 2.36 bits per heavy atom. The van der Waals surface area contributed by atoms with Gasteiger partial charge in [-0.05, 0) is 23.8 Å². The molecule has 0 N–H and O–H groups in total. The summed E-state index contributed by atoms with van der Waals surface area (Å²) in [7, 11) is -2.65. The van der Waals surface area contributed by atoms with Gasteiger partial charge in [-0.15, -0.1) is 11.3 Å². The molecule has 0 atom stereocenters. The van der Waals surface area contributed by atoms with E-state index in [0.29, 0.717) is 4.34 Å². The first-order chi connectivity index (χ1) is 10.1. The van der Waals surface area contributed by atoms with Gasteiger partial charge in [0.1, 0.15) is 4.21 Å². The molecule has 1 aromatic heterocycles. The number of hydrogen-bond acceptors (Lipinski definition) is 3. The van der Waals surface area contributed by atoms with Gasteiger partial charge in [0.15, 0.2) is 0 Å². The van der Waals surface area contributed by atoms with E-state index in [1.54, 1.807) is 0 Å². The van der Waals surface area contributed by atoms with E-state index < -0.39 is 21.8 Å². The van der Waals surface area contributed by atoms with Crippen molar-refractivity contribution in [1.82, 2.24) is 4.31 Å². The highest BCUT2D eigenvalue weighted by atomic mass is 35.5. The summed E-state index contributed by atoms with van der Waals surface area (Å²) in [4.78, 5) is 0. The first-order valence-electron chi connectivity index (χ1n) is 5.99. The minimum Gasteiger partial charge on any atom is -0.206 e. The molecule has 0 amide bonds. The van der Waals surface area contributed by atoms with Crippen LogP contribution in [0.5, 0.6) is 0 Å². The molecule has 0 saturated heterocycles. The van der Waals surface area contributed by atoms with Crippen LogP contribution in [0.3, 0.4) is 0 Å². The zero-order valence-corrected chi connectivity index (χ0v) is 13.7. The van der Waals surface area contributed by atoms with E-state index >= 15 is 0 Å². The Labute approximate surface area is 135 Å². The number of hydrogen-bond donors (Lipinski definition) is 0. The van der Waals surface area contributed by atoms with Gasteiger partial charge >= 0.3 is 6.18 Å². The van der Waals surface area contributed by atoms with Crippen LogP contribution >= 0.6 is 22.9 Å². The number of rotatable bonds is 4. The number of alkyl halides is 3. The van der Waals surface area contributed by atoms with Crippen LogP contribution in [-0.2, 0) is 22.7 Å². The normalized spacial score (nSPS) is 12.8. The second-order valence-corrected chi connectivity index (χ2v) is 8.46. The smallest absolute Gasteiger partial charge is 0.206 e. The molecule has 9 heteroatoms. The topological polar surface area (TPSA) is 37.4 Å². The van der Waals surface area contributed by atoms with Crippen molar-refractivity contribution in [3.63, 3.8) is 0 Å². The molecule has 0 saturated carbocycles. The molecule has 22 heavy (non-hydrogen) atoms. The van der Waals surface area contributed by atoms with Crippen LogP contribution in [0.1, 0.15) is 11.1 Å². The third-order valence-electron chi connectivity index (χ3n) is 2.93. The lowest BCUT2D eigenvalue weighted by Crippen LogP contribution is -2.27. The van der Waals surface area contributed by atoms with E-state index in [2.05, 4.69) is 0 Å². The summed E-state index contributed by atoms with van der Waals surface area (Å²) in [5.74, 6) is 0. The molecular weight excluding hydrogens is 359 g/mol. The van der Waals surface area contributed by atoms with Crippen molar-refractivity contribution in [2.24, 2.45) is 0 Å². The predicted octanol–water partition coefficient (Wildman–Crippen LogP) is 4.24. The van der Waals surface area contributed by atoms with Gasteiger partial charge in [-0.1, -0.05) is 29.8 Å². The average molecular weight is 370 g/mol. The molecule has 2 rings (SSSR count). The molecule has 120 valence electrons. The summed E-state index contributed by atoms with van der Waals surface area (Å²) >= 11 is 6.56. The van der Waals surface area contributed by atoms with Gasteiger partial charge in [-0.25, -0.2) is 8.42 Å². The Morgan fingerprint density at radius 2 is 1.82 bits per heavy atom. The maximum Gasteiger partial charge on any atom is 0.416 e. The van der Waals surface area contributed by atoms with E-state index in [4.69, 9.17) is 11.6 Å². The summed E-state index contributed by atoms with van der Waals surface area (Å²) in [6.07, 6.45) is -4.53.